The molecular formula is C13H15ClN4OS. The minimum absolute atomic E-state index is 0.0224. The summed E-state index contributed by atoms with van der Waals surface area (Å²) < 4.78 is 0. The smallest absolute Gasteiger partial charge is 0.171 e. The number of halogens is 1. The highest BCUT2D eigenvalue weighted by atomic mass is 35.5. The third kappa shape index (κ3) is 3.02. The van der Waals surface area contributed by atoms with Gasteiger partial charge in [0.2, 0.25) is 0 Å². The summed E-state index contributed by atoms with van der Waals surface area (Å²) in [7, 11) is 0. The van der Waals surface area contributed by atoms with Crippen molar-refractivity contribution in [1.82, 2.24) is 4.98 Å². The first kappa shape index (κ1) is 14.6. The van der Waals surface area contributed by atoms with E-state index in [9.17, 15) is 0 Å². The van der Waals surface area contributed by atoms with Crippen LogP contribution in [-0.2, 0) is 6.54 Å². The SMILES string of the molecule is CCN(Cc1cccs1)c1nccc(/C(N)=N/O)c1Cl. The second kappa shape index (κ2) is 6.58. The fourth-order valence-electron chi connectivity index (χ4n) is 1.83. The Hall–Kier alpha value is -1.79. The Labute approximate surface area is 126 Å². The molecule has 0 fully saturated rings. The van der Waals surface area contributed by atoms with Crippen molar-refractivity contribution in [3.63, 3.8) is 0 Å². The number of nitrogens with zero attached hydrogens (tertiary/aromatic N) is 3. The molecule has 5 nitrogen and oxygen atoms in total. The molecule has 7 heteroatoms. The number of thiophene rings is 1. The Bertz CT molecular complexity index is 600. The number of amidine groups is 1. The van der Waals surface area contributed by atoms with Gasteiger partial charge in [-0.3, -0.25) is 0 Å². The van der Waals surface area contributed by atoms with E-state index in [1.807, 2.05) is 23.3 Å². The van der Waals surface area contributed by atoms with E-state index in [0.717, 1.165) is 13.1 Å². The Morgan fingerprint density at radius 1 is 1.55 bits per heavy atom. The van der Waals surface area contributed by atoms with Crippen molar-refractivity contribution in [2.75, 3.05) is 11.4 Å². The molecule has 0 saturated heterocycles. The molecule has 0 radical (unpaired) electrons. The van der Waals surface area contributed by atoms with Gasteiger partial charge in [-0.05, 0) is 24.4 Å². The van der Waals surface area contributed by atoms with Crippen molar-refractivity contribution in [2.45, 2.75) is 13.5 Å². The number of nitrogens with two attached hydrogens (primary N) is 1. The topological polar surface area (TPSA) is 74.7 Å². The van der Waals surface area contributed by atoms with Gasteiger partial charge in [0.25, 0.3) is 0 Å². The Kier molecular flexibility index (Phi) is 4.81. The highest BCUT2D eigenvalue weighted by molar-refractivity contribution is 7.09. The summed E-state index contributed by atoms with van der Waals surface area (Å²) in [6, 6.07) is 5.70. The van der Waals surface area contributed by atoms with Crippen LogP contribution in [0, 0.1) is 0 Å². The van der Waals surface area contributed by atoms with E-state index >= 15 is 0 Å². The average molecular weight is 311 g/mol. The van der Waals surface area contributed by atoms with E-state index < -0.39 is 0 Å². The molecule has 20 heavy (non-hydrogen) atoms. The first-order valence-corrected chi connectivity index (χ1v) is 7.32. The van der Waals surface area contributed by atoms with Crippen LogP contribution >= 0.6 is 22.9 Å². The lowest BCUT2D eigenvalue weighted by atomic mass is 10.2. The predicted molar refractivity (Wildman–Crippen MR) is 82.8 cm³/mol. The number of hydrogen-bond acceptors (Lipinski definition) is 5. The minimum atomic E-state index is -0.0224. The van der Waals surface area contributed by atoms with Gasteiger partial charge in [0, 0.05) is 23.2 Å². The maximum atomic E-state index is 8.78. The van der Waals surface area contributed by atoms with E-state index in [1.165, 1.54) is 4.88 Å². The maximum absolute atomic E-state index is 8.78. The largest absolute Gasteiger partial charge is 0.409 e. The predicted octanol–water partition coefficient (Wildman–Crippen LogP) is 2.92. The van der Waals surface area contributed by atoms with Crippen LogP contribution in [0.25, 0.3) is 0 Å². The third-order valence-electron chi connectivity index (χ3n) is 2.86. The molecule has 3 N–H and O–H groups in total. The zero-order valence-corrected chi connectivity index (χ0v) is 12.5. The summed E-state index contributed by atoms with van der Waals surface area (Å²) in [5.41, 5.74) is 6.09. The van der Waals surface area contributed by atoms with Crippen LogP contribution in [0.2, 0.25) is 5.02 Å². The van der Waals surface area contributed by atoms with Gasteiger partial charge in [-0.1, -0.05) is 22.8 Å². The van der Waals surface area contributed by atoms with Crippen molar-refractivity contribution < 1.29 is 5.21 Å². The van der Waals surface area contributed by atoms with Crippen LogP contribution in [0.1, 0.15) is 17.4 Å². The number of pyridine rings is 1. The lowest BCUT2D eigenvalue weighted by molar-refractivity contribution is 0.318. The normalized spacial score (nSPS) is 11.6. The third-order valence-corrected chi connectivity index (χ3v) is 4.10. The number of anilines is 1. The quantitative estimate of drug-likeness (QED) is 0.385. The zero-order valence-electron chi connectivity index (χ0n) is 11.0. The fraction of sp³-hybridized carbons (Fsp3) is 0.231. The van der Waals surface area contributed by atoms with Gasteiger partial charge in [-0.2, -0.15) is 0 Å². The highest BCUT2D eigenvalue weighted by Gasteiger charge is 2.16. The number of hydrogen-bond donors (Lipinski definition) is 2. The molecule has 0 aromatic carbocycles. The lowest BCUT2D eigenvalue weighted by Gasteiger charge is -2.23. The Morgan fingerprint density at radius 3 is 2.95 bits per heavy atom. The monoisotopic (exact) mass is 310 g/mol. The summed E-state index contributed by atoms with van der Waals surface area (Å²) in [6.45, 7) is 3.51. The molecule has 0 bridgehead atoms. The first-order chi connectivity index (χ1) is 9.67. The van der Waals surface area contributed by atoms with E-state index in [1.54, 1.807) is 23.6 Å². The van der Waals surface area contributed by atoms with Gasteiger partial charge in [0.15, 0.2) is 5.84 Å². The first-order valence-electron chi connectivity index (χ1n) is 6.07. The van der Waals surface area contributed by atoms with E-state index in [0.29, 0.717) is 16.4 Å². The van der Waals surface area contributed by atoms with Gasteiger partial charge in [-0.25, -0.2) is 4.98 Å². The second-order valence-electron chi connectivity index (χ2n) is 4.07. The van der Waals surface area contributed by atoms with Crippen LogP contribution in [-0.4, -0.2) is 22.6 Å². The molecule has 2 aromatic heterocycles. The van der Waals surface area contributed by atoms with Crippen molar-refractivity contribution in [3.8, 4) is 0 Å². The van der Waals surface area contributed by atoms with E-state index in [4.69, 9.17) is 22.5 Å². The van der Waals surface area contributed by atoms with Crippen LogP contribution in [0.3, 0.4) is 0 Å². The average Bonchev–Trinajstić information content (AvgIpc) is 2.97. The zero-order chi connectivity index (χ0) is 14.5. The van der Waals surface area contributed by atoms with Gasteiger partial charge in [0.05, 0.1) is 11.6 Å². The molecule has 0 amide bonds. The summed E-state index contributed by atoms with van der Waals surface area (Å²) >= 11 is 8.00. The minimum Gasteiger partial charge on any atom is -0.409 e. The molecule has 106 valence electrons. The molecule has 0 atom stereocenters. The number of rotatable bonds is 5. The second-order valence-corrected chi connectivity index (χ2v) is 5.49. The molecular weight excluding hydrogens is 296 g/mol. The van der Waals surface area contributed by atoms with Gasteiger partial charge in [0.1, 0.15) is 5.82 Å². The molecule has 0 aliphatic heterocycles. The van der Waals surface area contributed by atoms with Crippen LogP contribution in [0.15, 0.2) is 34.9 Å². The van der Waals surface area contributed by atoms with Gasteiger partial charge < -0.3 is 15.8 Å². The molecule has 2 rings (SSSR count). The van der Waals surface area contributed by atoms with Crippen LogP contribution in [0.5, 0.6) is 0 Å². The summed E-state index contributed by atoms with van der Waals surface area (Å²) in [5.74, 6) is 0.609. The fourth-order valence-corrected chi connectivity index (χ4v) is 2.88. The highest BCUT2D eigenvalue weighted by Crippen LogP contribution is 2.28. The van der Waals surface area contributed by atoms with Crippen molar-refractivity contribution in [3.05, 3.63) is 45.2 Å². The Morgan fingerprint density at radius 2 is 2.35 bits per heavy atom. The van der Waals surface area contributed by atoms with Crippen molar-refractivity contribution >= 4 is 34.6 Å². The van der Waals surface area contributed by atoms with Crippen LogP contribution in [0.4, 0.5) is 5.82 Å². The van der Waals surface area contributed by atoms with Crippen molar-refractivity contribution in [1.29, 1.82) is 0 Å². The molecule has 0 saturated carbocycles. The van der Waals surface area contributed by atoms with E-state index in [2.05, 4.69) is 16.2 Å². The number of aromatic nitrogens is 1. The lowest BCUT2D eigenvalue weighted by Crippen LogP contribution is -2.24. The van der Waals surface area contributed by atoms with E-state index in [-0.39, 0.29) is 5.84 Å². The molecule has 0 aliphatic rings. The summed E-state index contributed by atoms with van der Waals surface area (Å²) in [6.07, 6.45) is 1.60. The summed E-state index contributed by atoms with van der Waals surface area (Å²) in [4.78, 5) is 7.58. The Balaban J connectivity index is 2.35. The van der Waals surface area contributed by atoms with Gasteiger partial charge in [-0.15, -0.1) is 11.3 Å². The number of oxime groups is 1. The molecule has 0 spiro atoms. The standard InChI is InChI=1S/C13H15ClN4OS/c1-2-18(8-9-4-3-7-20-9)13-11(14)10(5-6-16-13)12(15)17-19/h3-7,19H,2,8H2,1H3,(H2,15,17). The van der Waals surface area contributed by atoms with Gasteiger partial charge >= 0.3 is 0 Å². The molecule has 2 heterocycles. The maximum Gasteiger partial charge on any atom is 0.171 e. The molecule has 2 aromatic rings. The molecule has 0 aliphatic carbocycles. The van der Waals surface area contributed by atoms with Crippen molar-refractivity contribution in [2.24, 2.45) is 10.9 Å². The van der Waals surface area contributed by atoms with Crippen LogP contribution < -0.4 is 10.6 Å². The molecule has 0 unspecified atom stereocenters. The summed E-state index contributed by atoms with van der Waals surface area (Å²) in [5, 5.41) is 14.2.